The van der Waals surface area contributed by atoms with Crippen LogP contribution in [-0.4, -0.2) is 48.3 Å². The number of hydrogen-bond acceptors (Lipinski definition) is 5. The fourth-order valence-electron chi connectivity index (χ4n) is 2.91. The molecule has 0 aliphatic carbocycles. The summed E-state index contributed by atoms with van der Waals surface area (Å²) in [6, 6.07) is 8.55. The molecule has 1 aliphatic heterocycles. The van der Waals surface area contributed by atoms with Gasteiger partial charge in [0.1, 0.15) is 12.3 Å². The third-order valence-electron chi connectivity index (χ3n) is 4.30. The minimum Gasteiger partial charge on any atom is -0.467 e. The van der Waals surface area contributed by atoms with Gasteiger partial charge in [0.15, 0.2) is 11.5 Å². The molecule has 2 aromatic rings. The van der Waals surface area contributed by atoms with E-state index in [-0.39, 0.29) is 19.9 Å². The molecule has 6 nitrogen and oxygen atoms in total. The molecule has 0 radical (unpaired) electrons. The lowest BCUT2D eigenvalue weighted by molar-refractivity contribution is -0.163. The molecule has 0 N–H and O–H groups in total. The van der Waals surface area contributed by atoms with Crippen molar-refractivity contribution < 1.29 is 31.9 Å². The predicted molar refractivity (Wildman–Crippen MR) is 93.7 cm³/mol. The van der Waals surface area contributed by atoms with Gasteiger partial charge in [-0.2, -0.15) is 13.2 Å². The van der Waals surface area contributed by atoms with Crippen LogP contribution in [0.5, 0.6) is 11.5 Å². The van der Waals surface area contributed by atoms with Crippen molar-refractivity contribution in [3.05, 3.63) is 47.9 Å². The third-order valence-corrected chi connectivity index (χ3v) is 4.30. The first-order valence-electron chi connectivity index (χ1n) is 8.82. The van der Waals surface area contributed by atoms with E-state index >= 15 is 0 Å². The molecule has 0 spiro atoms. The van der Waals surface area contributed by atoms with E-state index in [9.17, 15) is 18.0 Å². The first kappa shape index (κ1) is 20.1. The number of furan rings is 1. The van der Waals surface area contributed by atoms with Crippen LogP contribution in [0.15, 0.2) is 41.0 Å². The number of nitrogens with zero attached hydrogens (tertiary/aromatic N) is 2. The Morgan fingerprint density at radius 1 is 1.14 bits per heavy atom. The second kappa shape index (κ2) is 8.55. The van der Waals surface area contributed by atoms with E-state index in [1.807, 2.05) is 19.1 Å². The fraction of sp³-hybridized carbons (Fsp3) is 0.421. The molecule has 0 saturated heterocycles. The van der Waals surface area contributed by atoms with Gasteiger partial charge in [-0.25, -0.2) is 0 Å². The number of hydrogen-bond donors (Lipinski definition) is 0. The smallest absolute Gasteiger partial charge is 0.406 e. The van der Waals surface area contributed by atoms with Crippen LogP contribution in [0.2, 0.25) is 0 Å². The van der Waals surface area contributed by atoms with Crippen LogP contribution in [0.3, 0.4) is 0 Å². The number of ether oxygens (including phenoxy) is 2. The average Bonchev–Trinajstić information content (AvgIpc) is 3.30. The molecule has 1 aliphatic rings. The zero-order valence-electron chi connectivity index (χ0n) is 15.4. The summed E-state index contributed by atoms with van der Waals surface area (Å²) in [7, 11) is 0. The maximum Gasteiger partial charge on any atom is 0.406 e. The highest BCUT2D eigenvalue weighted by Crippen LogP contribution is 2.32. The second-order valence-electron chi connectivity index (χ2n) is 6.44. The van der Waals surface area contributed by atoms with E-state index in [1.165, 1.54) is 6.26 Å². The Balaban J connectivity index is 1.65. The molecule has 152 valence electrons. The summed E-state index contributed by atoms with van der Waals surface area (Å²) in [5.41, 5.74) is 0.882. The maximum absolute atomic E-state index is 12.9. The van der Waals surface area contributed by atoms with Gasteiger partial charge >= 0.3 is 6.18 Å². The minimum absolute atomic E-state index is 0.137. The SMILES string of the molecule is CCN(CC(=O)N(Cc1ccco1)CC(F)(F)F)Cc1ccc2c(c1)OCO2. The molecule has 0 saturated carbocycles. The van der Waals surface area contributed by atoms with E-state index in [4.69, 9.17) is 13.9 Å². The van der Waals surface area contributed by atoms with Gasteiger partial charge in [-0.05, 0) is 36.4 Å². The number of carbonyl (C=O) groups excluding carboxylic acids is 1. The Hall–Kier alpha value is -2.68. The molecule has 9 heteroatoms. The van der Waals surface area contributed by atoms with Crippen molar-refractivity contribution in [1.29, 1.82) is 0 Å². The zero-order chi connectivity index (χ0) is 20.1. The van der Waals surface area contributed by atoms with Crippen LogP contribution < -0.4 is 9.47 Å². The van der Waals surface area contributed by atoms with Gasteiger partial charge in [0.05, 0.1) is 19.4 Å². The van der Waals surface area contributed by atoms with Crippen molar-refractivity contribution in [2.24, 2.45) is 0 Å². The molecule has 3 rings (SSSR count). The van der Waals surface area contributed by atoms with Crippen molar-refractivity contribution in [2.45, 2.75) is 26.2 Å². The van der Waals surface area contributed by atoms with Crippen LogP contribution in [0.4, 0.5) is 13.2 Å². The molecular formula is C19H21F3N2O4. The van der Waals surface area contributed by atoms with Crippen LogP contribution in [0.25, 0.3) is 0 Å². The summed E-state index contributed by atoms with van der Waals surface area (Å²) < 4.78 is 54.5. The molecule has 2 heterocycles. The average molecular weight is 398 g/mol. The summed E-state index contributed by atoms with van der Waals surface area (Å²) in [4.78, 5) is 15.1. The lowest BCUT2D eigenvalue weighted by atomic mass is 10.2. The van der Waals surface area contributed by atoms with Gasteiger partial charge in [-0.3, -0.25) is 9.69 Å². The van der Waals surface area contributed by atoms with E-state index in [2.05, 4.69) is 0 Å². The second-order valence-corrected chi connectivity index (χ2v) is 6.44. The monoisotopic (exact) mass is 398 g/mol. The Morgan fingerprint density at radius 3 is 2.61 bits per heavy atom. The third kappa shape index (κ3) is 5.41. The number of carbonyl (C=O) groups is 1. The molecule has 0 atom stereocenters. The van der Waals surface area contributed by atoms with Crippen LogP contribution in [0, 0.1) is 0 Å². The number of benzene rings is 1. The molecule has 28 heavy (non-hydrogen) atoms. The Morgan fingerprint density at radius 2 is 1.93 bits per heavy atom. The number of halogens is 3. The van der Waals surface area contributed by atoms with Crippen LogP contribution in [-0.2, 0) is 17.9 Å². The molecule has 1 aromatic heterocycles. The van der Waals surface area contributed by atoms with E-state index in [0.717, 1.165) is 10.5 Å². The van der Waals surface area contributed by atoms with E-state index in [0.29, 0.717) is 30.3 Å². The molecule has 0 fully saturated rings. The Labute approximate surface area is 160 Å². The number of rotatable bonds is 8. The summed E-state index contributed by atoms with van der Waals surface area (Å²) in [5, 5.41) is 0. The Kier molecular flexibility index (Phi) is 6.13. The van der Waals surface area contributed by atoms with Gasteiger partial charge in [0.25, 0.3) is 0 Å². The van der Waals surface area contributed by atoms with Gasteiger partial charge in [-0.15, -0.1) is 0 Å². The van der Waals surface area contributed by atoms with E-state index < -0.39 is 18.6 Å². The molecule has 0 unspecified atom stereocenters. The molecule has 1 amide bonds. The van der Waals surface area contributed by atoms with Crippen LogP contribution in [0.1, 0.15) is 18.2 Å². The lowest BCUT2D eigenvalue weighted by Gasteiger charge is -2.27. The summed E-state index contributed by atoms with van der Waals surface area (Å²) in [6.07, 6.45) is -3.12. The molecular weight excluding hydrogens is 377 g/mol. The predicted octanol–water partition coefficient (Wildman–Crippen LogP) is 3.42. The quantitative estimate of drug-likeness (QED) is 0.682. The lowest BCUT2D eigenvalue weighted by Crippen LogP contribution is -2.43. The topological polar surface area (TPSA) is 55.2 Å². The maximum atomic E-state index is 12.9. The fourth-order valence-corrected chi connectivity index (χ4v) is 2.91. The number of fused-ring (bicyclic) bond motifs is 1. The number of alkyl halides is 3. The van der Waals surface area contributed by atoms with Gasteiger partial charge in [0, 0.05) is 6.54 Å². The molecule has 1 aromatic carbocycles. The van der Waals surface area contributed by atoms with Crippen molar-refractivity contribution in [1.82, 2.24) is 9.80 Å². The zero-order valence-corrected chi connectivity index (χ0v) is 15.4. The summed E-state index contributed by atoms with van der Waals surface area (Å²) in [5.74, 6) is 0.960. The number of amides is 1. The highest BCUT2D eigenvalue weighted by Gasteiger charge is 2.33. The molecule has 0 bridgehead atoms. The van der Waals surface area contributed by atoms with E-state index in [1.54, 1.807) is 23.1 Å². The van der Waals surface area contributed by atoms with Crippen molar-refractivity contribution in [3.8, 4) is 11.5 Å². The standard InChI is InChI=1S/C19H21F3N2O4/c1-2-23(9-14-5-6-16-17(8-14)28-13-27-16)11-18(25)24(12-19(20,21)22)10-15-4-3-7-26-15/h3-8H,2,9-13H2,1H3. The van der Waals surface area contributed by atoms with Gasteiger partial charge in [0.2, 0.25) is 12.7 Å². The van der Waals surface area contributed by atoms with Crippen LogP contribution >= 0.6 is 0 Å². The van der Waals surface area contributed by atoms with Gasteiger partial charge in [-0.1, -0.05) is 13.0 Å². The largest absolute Gasteiger partial charge is 0.467 e. The van der Waals surface area contributed by atoms with Crippen molar-refractivity contribution >= 4 is 5.91 Å². The Bertz CT molecular complexity index is 793. The summed E-state index contributed by atoms with van der Waals surface area (Å²) in [6.45, 7) is 1.22. The minimum atomic E-state index is -4.49. The van der Waals surface area contributed by atoms with Gasteiger partial charge < -0.3 is 18.8 Å². The van der Waals surface area contributed by atoms with Crippen molar-refractivity contribution in [2.75, 3.05) is 26.4 Å². The summed E-state index contributed by atoms with van der Waals surface area (Å²) >= 11 is 0. The highest BCUT2D eigenvalue weighted by molar-refractivity contribution is 5.78. The first-order chi connectivity index (χ1) is 13.3. The highest BCUT2D eigenvalue weighted by atomic mass is 19.4. The van der Waals surface area contributed by atoms with Crippen molar-refractivity contribution in [3.63, 3.8) is 0 Å². The number of likely N-dealkylation sites (N-methyl/N-ethyl adjacent to an activating group) is 1. The first-order valence-corrected chi connectivity index (χ1v) is 8.82. The normalized spacial score (nSPS) is 13.2.